The summed E-state index contributed by atoms with van der Waals surface area (Å²) in [5, 5.41) is 0. The van der Waals surface area contributed by atoms with E-state index in [0.717, 1.165) is 25.9 Å². The molecule has 0 aromatic carbocycles. The number of hydrogen-bond acceptors (Lipinski definition) is 2. The number of likely N-dealkylation sites (tertiary alicyclic amines) is 1. The molecule has 1 amide bonds. The molecule has 82 valence electrons. The van der Waals surface area contributed by atoms with Crippen LogP contribution in [0.15, 0.2) is 0 Å². The van der Waals surface area contributed by atoms with Crippen LogP contribution in [0.25, 0.3) is 0 Å². The molecule has 0 spiro atoms. The molecular weight excluding hydrogens is 176 g/mol. The van der Waals surface area contributed by atoms with Crippen molar-refractivity contribution < 1.29 is 4.79 Å². The van der Waals surface area contributed by atoms with Crippen LogP contribution in [-0.4, -0.2) is 30.4 Å². The van der Waals surface area contributed by atoms with Gasteiger partial charge in [0.25, 0.3) is 0 Å². The fourth-order valence-corrected chi connectivity index (χ4v) is 1.91. The lowest BCUT2D eigenvalue weighted by Gasteiger charge is -2.15. The van der Waals surface area contributed by atoms with Crippen molar-refractivity contribution in [3.05, 3.63) is 0 Å². The molecule has 0 aromatic rings. The molecule has 1 aliphatic heterocycles. The second kappa shape index (κ2) is 5.35. The third-order valence-corrected chi connectivity index (χ3v) is 3.19. The molecule has 3 nitrogen and oxygen atoms in total. The fourth-order valence-electron chi connectivity index (χ4n) is 1.91. The van der Waals surface area contributed by atoms with E-state index in [-0.39, 0.29) is 0 Å². The smallest absolute Gasteiger partial charge is 0.222 e. The Balaban J connectivity index is 2.25. The number of carbonyl (C=O) groups is 1. The van der Waals surface area contributed by atoms with Gasteiger partial charge in [-0.25, -0.2) is 0 Å². The minimum absolute atomic E-state index is 0.314. The first-order valence-electron chi connectivity index (χ1n) is 5.63. The average Bonchev–Trinajstić information content (AvgIpc) is 2.47. The zero-order valence-electron chi connectivity index (χ0n) is 9.33. The molecule has 2 atom stereocenters. The van der Waals surface area contributed by atoms with Crippen molar-refractivity contribution in [2.45, 2.75) is 33.1 Å². The predicted octanol–water partition coefficient (Wildman–Crippen LogP) is 1.23. The van der Waals surface area contributed by atoms with Crippen LogP contribution in [0, 0.1) is 11.8 Å². The van der Waals surface area contributed by atoms with E-state index in [0.29, 0.717) is 30.7 Å². The Morgan fingerprint density at radius 3 is 2.36 bits per heavy atom. The van der Waals surface area contributed by atoms with Crippen molar-refractivity contribution in [2.24, 2.45) is 17.6 Å². The Labute approximate surface area is 86.6 Å². The number of nitrogens with two attached hydrogens (primary N) is 1. The number of amides is 1. The Bertz CT molecular complexity index is 184. The first-order valence-corrected chi connectivity index (χ1v) is 5.63. The van der Waals surface area contributed by atoms with Crippen LogP contribution in [0.1, 0.15) is 33.1 Å². The van der Waals surface area contributed by atoms with Crippen molar-refractivity contribution in [1.82, 2.24) is 4.90 Å². The first-order chi connectivity index (χ1) is 6.65. The van der Waals surface area contributed by atoms with Gasteiger partial charge in [0.1, 0.15) is 0 Å². The van der Waals surface area contributed by atoms with Crippen LogP contribution < -0.4 is 5.73 Å². The van der Waals surface area contributed by atoms with Crippen LogP contribution >= 0.6 is 0 Å². The summed E-state index contributed by atoms with van der Waals surface area (Å²) in [6, 6.07) is 0. The van der Waals surface area contributed by atoms with E-state index >= 15 is 0 Å². The summed E-state index contributed by atoms with van der Waals surface area (Å²) in [5.41, 5.74) is 5.39. The average molecular weight is 198 g/mol. The van der Waals surface area contributed by atoms with Gasteiger partial charge in [-0.05, 0) is 31.2 Å². The highest BCUT2D eigenvalue weighted by Crippen LogP contribution is 2.22. The lowest BCUT2D eigenvalue weighted by Crippen LogP contribution is -2.28. The largest absolute Gasteiger partial charge is 0.342 e. The molecule has 1 fully saturated rings. The van der Waals surface area contributed by atoms with Gasteiger partial charge in [-0.2, -0.15) is 0 Å². The molecule has 1 saturated heterocycles. The monoisotopic (exact) mass is 198 g/mol. The van der Waals surface area contributed by atoms with Crippen molar-refractivity contribution in [1.29, 1.82) is 0 Å². The van der Waals surface area contributed by atoms with Crippen molar-refractivity contribution in [3.63, 3.8) is 0 Å². The van der Waals surface area contributed by atoms with Gasteiger partial charge in [0.15, 0.2) is 0 Å². The van der Waals surface area contributed by atoms with Gasteiger partial charge in [-0.15, -0.1) is 0 Å². The first kappa shape index (κ1) is 11.5. The summed E-state index contributed by atoms with van der Waals surface area (Å²) in [4.78, 5) is 13.7. The maximum atomic E-state index is 11.7. The summed E-state index contributed by atoms with van der Waals surface area (Å²) in [6.07, 6.45) is 2.58. The number of rotatable bonds is 4. The molecule has 0 aliphatic carbocycles. The summed E-state index contributed by atoms with van der Waals surface area (Å²) in [6.45, 7) is 7.03. The molecule has 1 heterocycles. The van der Waals surface area contributed by atoms with Gasteiger partial charge in [0, 0.05) is 19.5 Å². The lowest BCUT2D eigenvalue weighted by atomic mass is 10.0. The normalized spacial score (nSPS) is 26.9. The molecule has 0 saturated carbocycles. The number of hydrogen-bond donors (Lipinski definition) is 1. The predicted molar refractivity (Wildman–Crippen MR) is 57.8 cm³/mol. The van der Waals surface area contributed by atoms with E-state index in [4.69, 9.17) is 5.73 Å². The van der Waals surface area contributed by atoms with Gasteiger partial charge in [-0.1, -0.05) is 13.8 Å². The van der Waals surface area contributed by atoms with Crippen molar-refractivity contribution >= 4 is 5.91 Å². The van der Waals surface area contributed by atoms with Crippen LogP contribution in [0.4, 0.5) is 0 Å². The zero-order chi connectivity index (χ0) is 10.6. The van der Waals surface area contributed by atoms with E-state index in [2.05, 4.69) is 13.8 Å². The van der Waals surface area contributed by atoms with E-state index in [1.54, 1.807) is 0 Å². The molecular formula is C11H22N2O. The van der Waals surface area contributed by atoms with Gasteiger partial charge in [0.2, 0.25) is 5.91 Å². The Kier molecular flexibility index (Phi) is 4.39. The summed E-state index contributed by atoms with van der Waals surface area (Å²) in [7, 11) is 0. The topological polar surface area (TPSA) is 46.3 Å². The third-order valence-electron chi connectivity index (χ3n) is 3.19. The highest BCUT2D eigenvalue weighted by atomic mass is 16.2. The molecule has 0 bridgehead atoms. The minimum Gasteiger partial charge on any atom is -0.342 e. The van der Waals surface area contributed by atoms with Crippen LogP contribution in [0.5, 0.6) is 0 Å². The molecule has 0 aromatic heterocycles. The molecule has 0 radical (unpaired) electrons. The van der Waals surface area contributed by atoms with Gasteiger partial charge in [-0.3, -0.25) is 4.79 Å². The zero-order valence-corrected chi connectivity index (χ0v) is 9.33. The number of nitrogens with zero attached hydrogens (tertiary/aromatic N) is 1. The van der Waals surface area contributed by atoms with Crippen molar-refractivity contribution in [2.75, 3.05) is 19.6 Å². The number of unbranched alkanes of at least 4 members (excludes halogenated alkanes) is 1. The van der Waals surface area contributed by atoms with Crippen molar-refractivity contribution in [3.8, 4) is 0 Å². The Morgan fingerprint density at radius 2 is 1.86 bits per heavy atom. The fraction of sp³-hybridized carbons (Fsp3) is 0.909. The van der Waals surface area contributed by atoms with E-state index in [1.807, 2.05) is 4.90 Å². The molecule has 2 unspecified atom stereocenters. The van der Waals surface area contributed by atoms with Gasteiger partial charge >= 0.3 is 0 Å². The maximum absolute atomic E-state index is 11.7. The Morgan fingerprint density at radius 1 is 1.29 bits per heavy atom. The molecule has 3 heteroatoms. The number of carbonyl (C=O) groups excluding carboxylic acids is 1. The van der Waals surface area contributed by atoms with E-state index < -0.39 is 0 Å². The minimum atomic E-state index is 0.314. The molecule has 1 rings (SSSR count). The lowest BCUT2D eigenvalue weighted by molar-refractivity contribution is -0.130. The maximum Gasteiger partial charge on any atom is 0.222 e. The summed E-state index contributed by atoms with van der Waals surface area (Å²) < 4.78 is 0. The second-order valence-electron chi connectivity index (χ2n) is 4.50. The summed E-state index contributed by atoms with van der Waals surface area (Å²) >= 11 is 0. The quantitative estimate of drug-likeness (QED) is 0.691. The summed E-state index contributed by atoms with van der Waals surface area (Å²) in [5.74, 6) is 1.64. The standard InChI is InChI=1S/C11H22N2O/c1-9-7-13(8-10(9)2)11(14)5-3-4-6-12/h9-10H,3-8,12H2,1-2H3. The molecule has 14 heavy (non-hydrogen) atoms. The second-order valence-corrected chi connectivity index (χ2v) is 4.50. The van der Waals surface area contributed by atoms with Gasteiger partial charge in [0.05, 0.1) is 0 Å². The Hall–Kier alpha value is -0.570. The van der Waals surface area contributed by atoms with E-state index in [9.17, 15) is 4.79 Å². The van der Waals surface area contributed by atoms with Gasteiger partial charge < -0.3 is 10.6 Å². The van der Waals surface area contributed by atoms with Crippen LogP contribution in [0.2, 0.25) is 0 Å². The third kappa shape index (κ3) is 2.98. The highest BCUT2D eigenvalue weighted by molar-refractivity contribution is 5.76. The molecule has 1 aliphatic rings. The van der Waals surface area contributed by atoms with E-state index in [1.165, 1.54) is 0 Å². The van der Waals surface area contributed by atoms with Crippen LogP contribution in [0.3, 0.4) is 0 Å². The SMILES string of the molecule is CC1CN(C(=O)CCCCN)CC1C. The highest BCUT2D eigenvalue weighted by Gasteiger charge is 2.28. The molecule has 2 N–H and O–H groups in total. The van der Waals surface area contributed by atoms with Crippen LogP contribution in [-0.2, 0) is 4.79 Å².